The van der Waals surface area contributed by atoms with Gasteiger partial charge in [0.25, 0.3) is 10.0 Å². The maximum atomic E-state index is 12.9. The monoisotopic (exact) mass is 456 g/mol. The summed E-state index contributed by atoms with van der Waals surface area (Å²) in [4.78, 5) is 26.8. The highest BCUT2D eigenvalue weighted by atomic mass is 32.2. The highest BCUT2D eigenvalue weighted by Gasteiger charge is 2.34. The lowest BCUT2D eigenvalue weighted by Crippen LogP contribution is -2.43. The van der Waals surface area contributed by atoms with E-state index in [1.54, 1.807) is 12.1 Å². The molecule has 0 aliphatic carbocycles. The Morgan fingerprint density at radius 3 is 2.55 bits per heavy atom. The third kappa shape index (κ3) is 4.40. The molecular weight excluding hydrogens is 432 g/mol. The number of ether oxygens (including phenoxy) is 1. The number of nitrogens with zero attached hydrogens (tertiary/aromatic N) is 1. The van der Waals surface area contributed by atoms with Crippen molar-refractivity contribution in [3.63, 3.8) is 0 Å². The molecule has 0 aromatic carbocycles. The van der Waals surface area contributed by atoms with Gasteiger partial charge < -0.3 is 10.1 Å². The summed E-state index contributed by atoms with van der Waals surface area (Å²) in [6.07, 6.45) is 1.20. The molecule has 1 N–H and O–H groups in total. The Balaban J connectivity index is 1.77. The molecule has 0 bridgehead atoms. The molecule has 0 unspecified atom stereocenters. The summed E-state index contributed by atoms with van der Waals surface area (Å²) in [6, 6.07) is 3.39. The van der Waals surface area contributed by atoms with E-state index in [1.165, 1.54) is 34.1 Å². The number of anilines is 1. The molecule has 1 atom stereocenters. The van der Waals surface area contributed by atoms with E-state index in [0.717, 1.165) is 15.3 Å². The van der Waals surface area contributed by atoms with E-state index in [0.29, 0.717) is 34.2 Å². The van der Waals surface area contributed by atoms with E-state index in [-0.39, 0.29) is 12.5 Å². The number of aryl methyl sites for hydroxylation is 2. The zero-order valence-corrected chi connectivity index (χ0v) is 19.2. The van der Waals surface area contributed by atoms with Gasteiger partial charge in [0.05, 0.1) is 18.6 Å². The van der Waals surface area contributed by atoms with Crippen LogP contribution in [0.15, 0.2) is 16.3 Å². The Hall–Kier alpha value is -1.75. The van der Waals surface area contributed by atoms with Crippen LogP contribution in [0.1, 0.15) is 38.5 Å². The van der Waals surface area contributed by atoms with Crippen molar-refractivity contribution in [3.05, 3.63) is 33.0 Å². The van der Waals surface area contributed by atoms with Crippen molar-refractivity contribution in [1.82, 2.24) is 4.31 Å². The molecule has 1 aliphatic heterocycles. The average Bonchev–Trinajstić information content (AvgIpc) is 3.25. The van der Waals surface area contributed by atoms with Gasteiger partial charge in [0.15, 0.2) is 0 Å². The Bertz CT molecular complexity index is 1040. The lowest BCUT2D eigenvalue weighted by molar-refractivity contribution is -0.120. The maximum Gasteiger partial charge on any atom is 0.341 e. The van der Waals surface area contributed by atoms with Crippen molar-refractivity contribution < 1.29 is 22.7 Å². The molecule has 3 rings (SSSR count). The number of hydrogen-bond donors (Lipinski definition) is 1. The lowest BCUT2D eigenvalue weighted by Gasteiger charge is -2.30. The summed E-state index contributed by atoms with van der Waals surface area (Å²) in [5.41, 5.74) is 1.13. The summed E-state index contributed by atoms with van der Waals surface area (Å²) in [7, 11) is -2.31. The predicted octanol–water partition coefficient (Wildman–Crippen LogP) is 3.56. The fraction of sp³-hybridized carbons (Fsp3) is 0.474. The van der Waals surface area contributed by atoms with Crippen molar-refractivity contribution in [3.8, 4) is 0 Å². The summed E-state index contributed by atoms with van der Waals surface area (Å²) >= 11 is 2.55. The molecule has 2 aromatic rings. The molecule has 1 aliphatic rings. The van der Waals surface area contributed by atoms with E-state index < -0.39 is 21.9 Å². The van der Waals surface area contributed by atoms with Gasteiger partial charge in [-0.2, -0.15) is 4.31 Å². The molecule has 0 saturated carbocycles. The Labute approximate surface area is 178 Å². The predicted molar refractivity (Wildman–Crippen MR) is 114 cm³/mol. The van der Waals surface area contributed by atoms with Gasteiger partial charge in [-0.25, -0.2) is 13.2 Å². The second-order valence-electron chi connectivity index (χ2n) is 7.04. The van der Waals surface area contributed by atoms with E-state index >= 15 is 0 Å². The Kier molecular flexibility index (Phi) is 6.47. The minimum atomic E-state index is -3.61. The molecular formula is C19H24N2O5S3. The number of piperidine rings is 1. The van der Waals surface area contributed by atoms with E-state index in [4.69, 9.17) is 4.74 Å². The third-order valence-corrected chi connectivity index (χ3v) is 9.53. The average molecular weight is 457 g/mol. The van der Waals surface area contributed by atoms with Gasteiger partial charge in [-0.05, 0) is 51.3 Å². The van der Waals surface area contributed by atoms with Crippen LogP contribution in [0.2, 0.25) is 0 Å². The zero-order chi connectivity index (χ0) is 21.3. The van der Waals surface area contributed by atoms with Crippen LogP contribution in [0, 0.1) is 26.7 Å². The van der Waals surface area contributed by atoms with Crippen LogP contribution in [0.5, 0.6) is 0 Å². The van der Waals surface area contributed by atoms with E-state index in [2.05, 4.69) is 5.32 Å². The van der Waals surface area contributed by atoms with E-state index in [1.807, 2.05) is 20.8 Å². The first-order chi connectivity index (χ1) is 13.6. The zero-order valence-electron chi connectivity index (χ0n) is 16.8. The van der Waals surface area contributed by atoms with Gasteiger partial charge in [0, 0.05) is 22.8 Å². The molecule has 1 saturated heterocycles. The molecule has 7 nitrogen and oxygen atoms in total. The highest BCUT2D eigenvalue weighted by molar-refractivity contribution is 7.91. The molecule has 1 fully saturated rings. The number of nitrogens with one attached hydrogen (secondary N) is 1. The molecule has 0 radical (unpaired) electrons. The normalized spacial score (nSPS) is 17.9. The van der Waals surface area contributed by atoms with Crippen LogP contribution in [0.3, 0.4) is 0 Å². The molecule has 2 aromatic heterocycles. The lowest BCUT2D eigenvalue weighted by atomic mass is 9.99. The first-order valence-electron chi connectivity index (χ1n) is 9.21. The van der Waals surface area contributed by atoms with Gasteiger partial charge in [0.2, 0.25) is 5.91 Å². The standard InChI is InChI=1S/C19H24N2O5S3/c1-11-7-8-15(27-11)29(24,25)21-9-5-6-14(10-21)17(22)20-18-16(19(23)26-4)12(2)13(3)28-18/h7-8,14H,5-6,9-10H2,1-4H3,(H,20,22)/t14-/m0/s1. The quantitative estimate of drug-likeness (QED) is 0.695. The number of methoxy groups -OCH3 is 1. The molecule has 29 heavy (non-hydrogen) atoms. The van der Waals surface area contributed by atoms with Crippen molar-refractivity contribution in [2.75, 3.05) is 25.5 Å². The van der Waals surface area contributed by atoms with Gasteiger partial charge >= 0.3 is 5.97 Å². The minimum absolute atomic E-state index is 0.127. The van der Waals surface area contributed by atoms with Gasteiger partial charge in [-0.3, -0.25) is 4.79 Å². The SMILES string of the molecule is COC(=O)c1c(NC(=O)[C@H]2CCCN(S(=O)(=O)c3ccc(C)s3)C2)sc(C)c1C. The number of thiophene rings is 2. The minimum Gasteiger partial charge on any atom is -0.465 e. The molecule has 10 heteroatoms. The number of amides is 1. The van der Waals surface area contributed by atoms with Crippen LogP contribution in [-0.4, -0.2) is 44.8 Å². The summed E-state index contributed by atoms with van der Waals surface area (Å²) in [5, 5.41) is 3.28. The van der Waals surface area contributed by atoms with Crippen molar-refractivity contribution in [2.24, 2.45) is 5.92 Å². The maximum absolute atomic E-state index is 12.9. The third-order valence-electron chi connectivity index (χ3n) is 5.08. The van der Waals surface area contributed by atoms with Gasteiger partial charge in [-0.1, -0.05) is 0 Å². The summed E-state index contributed by atoms with van der Waals surface area (Å²) < 4.78 is 32.3. The molecule has 158 valence electrons. The van der Waals surface area contributed by atoms with Gasteiger partial charge in [-0.15, -0.1) is 22.7 Å². The smallest absolute Gasteiger partial charge is 0.341 e. The largest absolute Gasteiger partial charge is 0.465 e. The van der Waals surface area contributed by atoms with Crippen LogP contribution >= 0.6 is 22.7 Å². The number of carbonyl (C=O) groups is 2. The van der Waals surface area contributed by atoms with Crippen LogP contribution in [0.25, 0.3) is 0 Å². The van der Waals surface area contributed by atoms with Gasteiger partial charge in [0.1, 0.15) is 9.21 Å². The van der Waals surface area contributed by atoms with Crippen LogP contribution in [0.4, 0.5) is 5.00 Å². The van der Waals surface area contributed by atoms with Crippen molar-refractivity contribution in [1.29, 1.82) is 0 Å². The molecule has 3 heterocycles. The van der Waals surface area contributed by atoms with Crippen molar-refractivity contribution >= 4 is 49.6 Å². The molecule has 0 spiro atoms. The number of esters is 1. The number of sulfonamides is 1. The van der Waals surface area contributed by atoms with E-state index in [9.17, 15) is 18.0 Å². The highest BCUT2D eigenvalue weighted by Crippen LogP contribution is 2.34. The topological polar surface area (TPSA) is 92.8 Å². The second kappa shape index (κ2) is 8.55. The summed E-state index contributed by atoms with van der Waals surface area (Å²) in [5.74, 6) is -1.26. The first kappa shape index (κ1) is 21.9. The fourth-order valence-corrected chi connectivity index (χ4v) is 7.34. The van der Waals surface area contributed by atoms with Crippen molar-refractivity contribution in [2.45, 2.75) is 37.8 Å². The number of carbonyl (C=O) groups excluding carboxylic acids is 2. The van der Waals surface area contributed by atoms with Crippen LogP contribution in [-0.2, 0) is 19.6 Å². The van der Waals surface area contributed by atoms with Crippen LogP contribution < -0.4 is 5.32 Å². The Morgan fingerprint density at radius 1 is 1.21 bits per heavy atom. The first-order valence-corrected chi connectivity index (χ1v) is 12.3. The number of rotatable bonds is 5. The number of hydrogen-bond acceptors (Lipinski definition) is 7. The fourth-order valence-electron chi connectivity index (χ4n) is 3.33. The second-order valence-corrected chi connectivity index (χ2v) is 11.7. The summed E-state index contributed by atoms with van der Waals surface area (Å²) in [6.45, 7) is 6.07. The molecule has 1 amide bonds. The Morgan fingerprint density at radius 2 is 1.93 bits per heavy atom.